The molecule has 0 radical (unpaired) electrons. The molecule has 0 aromatic heterocycles. The van der Waals surface area contributed by atoms with E-state index < -0.39 is 0 Å². The Kier molecular flexibility index (Phi) is 14.5. The molecule has 0 aliphatic rings. The number of hydrogen-bond acceptors (Lipinski definition) is 6. The number of rotatable bonds is 18. The highest BCUT2D eigenvalue weighted by molar-refractivity contribution is 6.08. The first kappa shape index (κ1) is 43.3. The van der Waals surface area contributed by atoms with Crippen molar-refractivity contribution in [2.24, 2.45) is 0 Å². The van der Waals surface area contributed by atoms with E-state index in [2.05, 4.69) is 20.8 Å². The van der Waals surface area contributed by atoms with Crippen LogP contribution in [0.15, 0.2) is 182 Å². The molecular weight excluding hydrogens is 781 g/mol. The average molecular weight is 829 g/mol. The Labute approximate surface area is 369 Å². The molecule has 0 aliphatic carbocycles. The Hall–Kier alpha value is -7.83. The van der Waals surface area contributed by atoms with Crippen molar-refractivity contribution in [1.29, 1.82) is 0 Å². The SMILES string of the molecule is Cc1c(COc2ccc(C(=O)/C=C/c3ccccc3)cc2)c(C)c(COc2ccc(C(=O)/C=C/c3ccccc3)cc2)c(C)c1COc1ccc(C(=O)/C=C/c2ccccc2)cc1. The standard InChI is InChI=1S/C57H48O6/c1-40-52(37-61-49-28-22-46(23-29-49)55(58)34-19-43-13-7-4-8-14-43)41(2)54(39-63-51-32-26-48(27-33-51)57(60)36-21-45-17-11-6-12-18-45)42(3)53(40)38-62-50-30-24-47(25-31-50)56(59)35-20-44-15-9-5-10-16-44/h4-36H,37-39H2,1-3H3/b34-19+,35-20+,36-21+. The monoisotopic (exact) mass is 828 g/mol. The molecule has 312 valence electrons. The van der Waals surface area contributed by atoms with Crippen LogP contribution in [0.5, 0.6) is 17.2 Å². The molecule has 6 heteroatoms. The van der Waals surface area contributed by atoms with Gasteiger partial charge >= 0.3 is 0 Å². The van der Waals surface area contributed by atoms with Crippen LogP contribution in [-0.2, 0) is 19.8 Å². The fraction of sp³-hybridized carbons (Fsp3) is 0.105. The topological polar surface area (TPSA) is 78.9 Å². The van der Waals surface area contributed by atoms with E-state index in [4.69, 9.17) is 14.2 Å². The summed E-state index contributed by atoms with van der Waals surface area (Å²) in [5.74, 6) is 1.63. The van der Waals surface area contributed by atoms with Gasteiger partial charge in [0.15, 0.2) is 17.3 Å². The first-order valence-corrected chi connectivity index (χ1v) is 20.8. The summed E-state index contributed by atoms with van der Waals surface area (Å²) >= 11 is 0. The molecule has 63 heavy (non-hydrogen) atoms. The van der Waals surface area contributed by atoms with Gasteiger partial charge in [0, 0.05) is 16.7 Å². The maximum atomic E-state index is 12.9. The van der Waals surface area contributed by atoms with Crippen molar-refractivity contribution < 1.29 is 28.6 Å². The number of benzene rings is 7. The number of ketones is 3. The molecule has 0 saturated heterocycles. The van der Waals surface area contributed by atoms with E-state index in [0.29, 0.717) is 33.9 Å². The Bertz CT molecular complexity index is 2420. The van der Waals surface area contributed by atoms with Crippen molar-refractivity contribution in [3.63, 3.8) is 0 Å². The van der Waals surface area contributed by atoms with Gasteiger partial charge in [0.25, 0.3) is 0 Å². The first-order valence-electron chi connectivity index (χ1n) is 20.8. The van der Waals surface area contributed by atoms with Gasteiger partial charge in [-0.05, 0) is 162 Å². The second kappa shape index (κ2) is 21.1. The molecule has 0 heterocycles. The van der Waals surface area contributed by atoms with Crippen LogP contribution in [0.25, 0.3) is 18.2 Å². The number of carbonyl (C=O) groups excluding carboxylic acids is 3. The highest BCUT2D eigenvalue weighted by Gasteiger charge is 2.19. The van der Waals surface area contributed by atoms with E-state index in [0.717, 1.165) is 50.1 Å². The van der Waals surface area contributed by atoms with E-state index in [-0.39, 0.29) is 37.2 Å². The molecule has 0 bridgehead atoms. The van der Waals surface area contributed by atoms with Gasteiger partial charge in [0.1, 0.15) is 37.1 Å². The van der Waals surface area contributed by atoms with Crippen LogP contribution in [0, 0.1) is 20.8 Å². The lowest BCUT2D eigenvalue weighted by Gasteiger charge is -2.23. The summed E-state index contributed by atoms with van der Waals surface area (Å²) in [6, 6.07) is 50.7. The maximum Gasteiger partial charge on any atom is 0.185 e. The smallest absolute Gasteiger partial charge is 0.185 e. The molecule has 0 spiro atoms. The van der Waals surface area contributed by atoms with Crippen molar-refractivity contribution in [2.45, 2.75) is 40.6 Å². The molecular formula is C57H48O6. The zero-order valence-electron chi connectivity index (χ0n) is 35.6. The summed E-state index contributed by atoms with van der Waals surface area (Å²) in [7, 11) is 0. The molecule has 7 aromatic rings. The summed E-state index contributed by atoms with van der Waals surface area (Å²) in [6.07, 6.45) is 10.2. The largest absolute Gasteiger partial charge is 0.489 e. The molecule has 7 aromatic carbocycles. The third kappa shape index (κ3) is 11.7. The lowest BCUT2D eigenvalue weighted by atomic mass is 9.89. The highest BCUT2D eigenvalue weighted by atomic mass is 16.5. The van der Waals surface area contributed by atoms with Gasteiger partial charge in [-0.2, -0.15) is 0 Å². The highest BCUT2D eigenvalue weighted by Crippen LogP contribution is 2.31. The lowest BCUT2D eigenvalue weighted by molar-refractivity contribution is 0.103. The Morgan fingerprint density at radius 2 is 0.587 bits per heavy atom. The van der Waals surface area contributed by atoms with Gasteiger partial charge in [-0.1, -0.05) is 109 Å². The third-order valence-corrected chi connectivity index (χ3v) is 11.0. The number of hydrogen-bond donors (Lipinski definition) is 0. The molecule has 6 nitrogen and oxygen atoms in total. The molecule has 0 amide bonds. The Morgan fingerprint density at radius 1 is 0.349 bits per heavy atom. The zero-order valence-corrected chi connectivity index (χ0v) is 35.6. The quantitative estimate of drug-likeness (QED) is 0.0633. The predicted molar refractivity (Wildman–Crippen MR) is 252 cm³/mol. The van der Waals surface area contributed by atoms with E-state index in [1.54, 1.807) is 54.6 Å². The second-order valence-corrected chi connectivity index (χ2v) is 15.1. The Balaban J connectivity index is 1.07. The fourth-order valence-electron chi connectivity index (χ4n) is 7.15. The first-order chi connectivity index (χ1) is 30.7. The number of carbonyl (C=O) groups is 3. The molecule has 0 saturated carbocycles. The van der Waals surface area contributed by atoms with E-state index in [1.807, 2.05) is 146 Å². The molecule has 0 fully saturated rings. The van der Waals surface area contributed by atoms with Crippen LogP contribution < -0.4 is 14.2 Å². The second-order valence-electron chi connectivity index (χ2n) is 15.1. The van der Waals surface area contributed by atoms with E-state index in [9.17, 15) is 14.4 Å². The van der Waals surface area contributed by atoms with Crippen molar-refractivity contribution in [3.05, 3.63) is 249 Å². The minimum absolute atomic E-state index is 0.0906. The molecule has 7 rings (SSSR count). The van der Waals surface area contributed by atoms with Crippen LogP contribution in [0.2, 0.25) is 0 Å². The van der Waals surface area contributed by atoms with Crippen LogP contribution >= 0.6 is 0 Å². The maximum absolute atomic E-state index is 12.9. The van der Waals surface area contributed by atoms with E-state index in [1.165, 1.54) is 0 Å². The van der Waals surface area contributed by atoms with Crippen LogP contribution in [0.1, 0.15) is 81.1 Å². The Morgan fingerprint density at radius 3 is 0.825 bits per heavy atom. The van der Waals surface area contributed by atoms with Crippen molar-refractivity contribution in [3.8, 4) is 17.2 Å². The fourth-order valence-corrected chi connectivity index (χ4v) is 7.15. The van der Waals surface area contributed by atoms with Crippen LogP contribution in [0.3, 0.4) is 0 Å². The third-order valence-electron chi connectivity index (χ3n) is 11.0. The summed E-state index contributed by atoms with van der Waals surface area (Å²) in [5, 5.41) is 0. The molecule has 0 unspecified atom stereocenters. The minimum atomic E-state index is -0.0906. The van der Waals surface area contributed by atoms with Crippen LogP contribution in [0.4, 0.5) is 0 Å². The molecule has 0 aliphatic heterocycles. The molecule has 0 N–H and O–H groups in total. The normalized spacial score (nSPS) is 11.3. The van der Waals surface area contributed by atoms with Gasteiger partial charge in [-0.3, -0.25) is 14.4 Å². The van der Waals surface area contributed by atoms with Gasteiger partial charge in [-0.25, -0.2) is 0 Å². The summed E-state index contributed by atoms with van der Waals surface area (Å²) in [4.78, 5) is 38.7. The van der Waals surface area contributed by atoms with E-state index >= 15 is 0 Å². The predicted octanol–water partition coefficient (Wildman–Crippen LogP) is 13.0. The van der Waals surface area contributed by atoms with Crippen molar-refractivity contribution >= 4 is 35.6 Å². The van der Waals surface area contributed by atoms with Crippen molar-refractivity contribution in [2.75, 3.05) is 0 Å². The van der Waals surface area contributed by atoms with Gasteiger partial charge in [0.2, 0.25) is 0 Å². The molecule has 0 atom stereocenters. The number of allylic oxidation sites excluding steroid dienone is 3. The minimum Gasteiger partial charge on any atom is -0.489 e. The van der Waals surface area contributed by atoms with Crippen molar-refractivity contribution in [1.82, 2.24) is 0 Å². The van der Waals surface area contributed by atoms with Crippen LogP contribution in [-0.4, -0.2) is 17.3 Å². The summed E-state index contributed by atoms with van der Waals surface area (Å²) < 4.78 is 19.1. The van der Waals surface area contributed by atoms with Gasteiger partial charge in [-0.15, -0.1) is 0 Å². The van der Waals surface area contributed by atoms with Gasteiger partial charge < -0.3 is 14.2 Å². The summed E-state index contributed by atoms with van der Waals surface area (Å²) in [5.41, 5.74) is 10.7. The number of ether oxygens (including phenoxy) is 3. The average Bonchev–Trinajstić information content (AvgIpc) is 3.33. The zero-order chi connectivity index (χ0) is 44.0. The van der Waals surface area contributed by atoms with Gasteiger partial charge in [0.05, 0.1) is 0 Å². The lowest BCUT2D eigenvalue weighted by Crippen LogP contribution is -2.13. The summed E-state index contributed by atoms with van der Waals surface area (Å²) in [6.45, 7) is 7.06.